The van der Waals surface area contributed by atoms with Crippen LogP contribution in [0.25, 0.3) is 11.3 Å². The van der Waals surface area contributed by atoms with E-state index in [1.807, 2.05) is 0 Å². The molecule has 0 bridgehead atoms. The van der Waals surface area contributed by atoms with Crippen LogP contribution < -0.4 is 0 Å². The fourth-order valence-electron chi connectivity index (χ4n) is 6.74. The maximum Gasteiger partial charge on any atom is 0.0705 e. The summed E-state index contributed by atoms with van der Waals surface area (Å²) in [6.45, 7) is 21.8. The summed E-state index contributed by atoms with van der Waals surface area (Å²) in [5.74, 6) is 0.623. The van der Waals surface area contributed by atoms with Gasteiger partial charge in [-0.1, -0.05) is 74.4 Å². The second kappa shape index (κ2) is 4.74. The van der Waals surface area contributed by atoms with Crippen LogP contribution in [0.2, 0.25) is 0 Å². The Balaban J connectivity index is 1.64. The van der Waals surface area contributed by atoms with Crippen molar-refractivity contribution in [3.8, 4) is 11.3 Å². The third kappa shape index (κ3) is 1.74. The first-order valence-electron chi connectivity index (χ1n) is 10.9. The highest BCUT2D eigenvalue weighted by molar-refractivity contribution is 5.67. The number of rotatable bonds is 1. The van der Waals surface area contributed by atoms with Gasteiger partial charge < -0.3 is 0 Å². The van der Waals surface area contributed by atoms with Crippen molar-refractivity contribution in [3.05, 3.63) is 52.7 Å². The molecule has 1 heteroatoms. The lowest BCUT2D eigenvalue weighted by atomic mass is 9.59. The minimum Gasteiger partial charge on any atom is -0.256 e. The van der Waals surface area contributed by atoms with Crippen molar-refractivity contribution in [3.63, 3.8) is 0 Å². The molecule has 3 aliphatic rings. The van der Waals surface area contributed by atoms with E-state index in [0.717, 1.165) is 5.69 Å². The fraction of sp³-hybridized carbons (Fsp3) is 0.593. The van der Waals surface area contributed by atoms with Crippen molar-refractivity contribution >= 4 is 0 Å². The second-order valence-corrected chi connectivity index (χ2v) is 11.9. The molecule has 0 amide bonds. The minimum atomic E-state index is 0.133. The maximum atomic E-state index is 4.95. The van der Waals surface area contributed by atoms with E-state index >= 15 is 0 Å². The predicted molar refractivity (Wildman–Crippen MR) is 118 cm³/mol. The van der Waals surface area contributed by atoms with Crippen LogP contribution >= 0.6 is 0 Å². The molecule has 3 aliphatic carbocycles. The molecule has 28 heavy (non-hydrogen) atoms. The zero-order valence-corrected chi connectivity index (χ0v) is 19.1. The molecular weight excluding hydrogens is 338 g/mol. The molecule has 3 unspecified atom stereocenters. The minimum absolute atomic E-state index is 0.133. The number of pyridine rings is 1. The number of hydrogen-bond acceptors (Lipinski definition) is 1. The standard InChI is InChI=1S/C27H35N/c1-16-18-13-22(28-14-21(18)27(9)15-26(16,27)8)17-10-11-19-20(12-17)24(4,5)25(6,7)23(19,2)3/h10-14,16H,15H2,1-9H3. The Morgan fingerprint density at radius 1 is 0.821 bits per heavy atom. The van der Waals surface area contributed by atoms with Gasteiger partial charge in [-0.05, 0) is 68.4 Å². The molecule has 1 aromatic heterocycles. The zero-order chi connectivity index (χ0) is 20.5. The number of benzene rings is 1. The van der Waals surface area contributed by atoms with Crippen LogP contribution in [0.5, 0.6) is 0 Å². The van der Waals surface area contributed by atoms with Crippen LogP contribution in [0.3, 0.4) is 0 Å². The lowest BCUT2D eigenvalue weighted by Crippen LogP contribution is -2.42. The fourth-order valence-corrected chi connectivity index (χ4v) is 6.74. The molecule has 1 saturated carbocycles. The largest absolute Gasteiger partial charge is 0.256 e. The van der Waals surface area contributed by atoms with Crippen LogP contribution in [0, 0.1) is 10.8 Å². The van der Waals surface area contributed by atoms with Gasteiger partial charge in [-0.2, -0.15) is 0 Å². The number of nitrogens with zero attached hydrogens (tertiary/aromatic N) is 1. The number of fused-ring (bicyclic) bond motifs is 4. The second-order valence-electron chi connectivity index (χ2n) is 11.9. The average molecular weight is 374 g/mol. The SMILES string of the molecule is CC1c2cc(-c3ccc4c(c3)C(C)(C)C(C)(C)C4(C)C)ncc2C2(C)CC12C. The highest BCUT2D eigenvalue weighted by Crippen LogP contribution is 2.76. The van der Waals surface area contributed by atoms with Crippen molar-refractivity contribution in [2.45, 2.75) is 90.9 Å². The topological polar surface area (TPSA) is 12.9 Å². The van der Waals surface area contributed by atoms with Gasteiger partial charge in [-0.3, -0.25) is 4.98 Å². The quantitative estimate of drug-likeness (QED) is 0.518. The van der Waals surface area contributed by atoms with E-state index < -0.39 is 0 Å². The van der Waals surface area contributed by atoms with Crippen molar-refractivity contribution in [1.29, 1.82) is 0 Å². The molecule has 1 heterocycles. The summed E-state index contributed by atoms with van der Waals surface area (Å²) in [6.07, 6.45) is 3.50. The van der Waals surface area contributed by atoms with Gasteiger partial charge in [0, 0.05) is 17.2 Å². The Kier molecular flexibility index (Phi) is 3.12. The smallest absolute Gasteiger partial charge is 0.0705 e. The van der Waals surface area contributed by atoms with E-state index in [-0.39, 0.29) is 16.2 Å². The molecule has 5 rings (SSSR count). The normalized spacial score (nSPS) is 35.2. The van der Waals surface area contributed by atoms with Crippen LogP contribution in [0.1, 0.15) is 96.9 Å². The van der Waals surface area contributed by atoms with Gasteiger partial charge in [0.1, 0.15) is 0 Å². The molecule has 1 aromatic carbocycles. The van der Waals surface area contributed by atoms with Crippen molar-refractivity contribution in [1.82, 2.24) is 4.98 Å². The van der Waals surface area contributed by atoms with Crippen LogP contribution in [-0.4, -0.2) is 4.98 Å². The van der Waals surface area contributed by atoms with Gasteiger partial charge in [0.25, 0.3) is 0 Å². The summed E-state index contributed by atoms with van der Waals surface area (Å²) in [5, 5.41) is 0. The molecule has 0 aliphatic heterocycles. The first-order valence-corrected chi connectivity index (χ1v) is 10.9. The van der Waals surface area contributed by atoms with Gasteiger partial charge in [0.15, 0.2) is 0 Å². The Hall–Kier alpha value is -1.63. The predicted octanol–water partition coefficient (Wildman–Crippen LogP) is 7.13. The van der Waals surface area contributed by atoms with Gasteiger partial charge in [0.2, 0.25) is 0 Å². The van der Waals surface area contributed by atoms with Gasteiger partial charge in [0.05, 0.1) is 5.69 Å². The molecular formula is C27H35N. The lowest BCUT2D eigenvalue weighted by molar-refractivity contribution is 0.125. The van der Waals surface area contributed by atoms with Gasteiger partial charge in [-0.15, -0.1) is 0 Å². The first-order chi connectivity index (χ1) is 12.8. The molecule has 1 fully saturated rings. The Bertz CT molecular complexity index is 1020. The summed E-state index contributed by atoms with van der Waals surface area (Å²) in [4.78, 5) is 4.95. The van der Waals surface area contributed by atoms with Crippen LogP contribution in [-0.2, 0) is 16.2 Å². The van der Waals surface area contributed by atoms with Gasteiger partial charge >= 0.3 is 0 Å². The van der Waals surface area contributed by atoms with E-state index in [2.05, 4.69) is 92.8 Å². The van der Waals surface area contributed by atoms with Gasteiger partial charge in [-0.25, -0.2) is 0 Å². The van der Waals surface area contributed by atoms with E-state index in [9.17, 15) is 0 Å². The molecule has 0 spiro atoms. The Labute approximate surface area is 171 Å². The van der Waals surface area contributed by atoms with E-state index in [1.54, 1.807) is 0 Å². The summed E-state index contributed by atoms with van der Waals surface area (Å²) >= 11 is 0. The highest BCUT2D eigenvalue weighted by Gasteiger charge is 2.69. The third-order valence-corrected chi connectivity index (χ3v) is 10.6. The maximum absolute atomic E-state index is 4.95. The molecule has 3 atom stereocenters. The molecule has 0 saturated heterocycles. The van der Waals surface area contributed by atoms with E-state index in [1.165, 1.54) is 34.2 Å². The van der Waals surface area contributed by atoms with Crippen molar-refractivity contribution in [2.24, 2.45) is 10.8 Å². The summed E-state index contributed by atoms with van der Waals surface area (Å²) < 4.78 is 0. The summed E-state index contributed by atoms with van der Waals surface area (Å²) in [5.41, 5.74) is 9.71. The van der Waals surface area contributed by atoms with Crippen LogP contribution in [0.4, 0.5) is 0 Å². The van der Waals surface area contributed by atoms with E-state index in [4.69, 9.17) is 4.98 Å². The Morgan fingerprint density at radius 2 is 1.46 bits per heavy atom. The molecule has 0 radical (unpaired) electrons. The summed E-state index contributed by atoms with van der Waals surface area (Å²) in [7, 11) is 0. The third-order valence-electron chi connectivity index (χ3n) is 10.6. The molecule has 148 valence electrons. The lowest BCUT2D eigenvalue weighted by Gasteiger charge is -2.44. The average Bonchev–Trinajstić information content (AvgIpc) is 3.14. The molecule has 2 aromatic rings. The zero-order valence-electron chi connectivity index (χ0n) is 19.1. The van der Waals surface area contributed by atoms with Crippen molar-refractivity contribution < 1.29 is 0 Å². The van der Waals surface area contributed by atoms with Crippen molar-refractivity contribution in [2.75, 3.05) is 0 Å². The van der Waals surface area contributed by atoms with E-state index in [0.29, 0.717) is 16.7 Å². The molecule has 0 N–H and O–H groups in total. The monoisotopic (exact) mass is 373 g/mol. The number of aromatic nitrogens is 1. The number of hydrogen-bond donors (Lipinski definition) is 0. The summed E-state index contributed by atoms with van der Waals surface area (Å²) in [6, 6.07) is 9.50. The van der Waals surface area contributed by atoms with Crippen LogP contribution in [0.15, 0.2) is 30.5 Å². The first kappa shape index (κ1) is 18.4. The Morgan fingerprint density at radius 3 is 2.14 bits per heavy atom. The highest BCUT2D eigenvalue weighted by atomic mass is 14.8. The molecule has 1 nitrogen and oxygen atoms in total.